The number of rotatable bonds is 6. The molecule has 0 saturated carbocycles. The Kier molecular flexibility index (Phi) is 5.50. The van der Waals surface area contributed by atoms with Crippen molar-refractivity contribution < 1.29 is 4.92 Å². The molecule has 1 atom stereocenters. The monoisotopic (exact) mass is 275 g/mol. The van der Waals surface area contributed by atoms with E-state index in [4.69, 9.17) is 11.6 Å². The van der Waals surface area contributed by atoms with Gasteiger partial charge in [-0.1, -0.05) is 11.6 Å². The Morgan fingerprint density at radius 1 is 1.65 bits per heavy atom. The first kappa shape index (κ1) is 14.1. The molecule has 1 aromatic rings. The first-order valence-corrected chi connectivity index (χ1v) is 6.88. The number of thioether (sulfide) groups is 1. The third kappa shape index (κ3) is 4.40. The molecule has 5 nitrogen and oxygen atoms in total. The van der Waals surface area contributed by atoms with Crippen LogP contribution in [0.3, 0.4) is 0 Å². The summed E-state index contributed by atoms with van der Waals surface area (Å²) in [6.45, 7) is 1.96. The second kappa shape index (κ2) is 6.66. The van der Waals surface area contributed by atoms with E-state index in [0.29, 0.717) is 0 Å². The molecule has 0 radical (unpaired) electrons. The van der Waals surface area contributed by atoms with E-state index in [1.54, 1.807) is 11.8 Å². The van der Waals surface area contributed by atoms with E-state index < -0.39 is 4.92 Å². The highest BCUT2D eigenvalue weighted by Gasteiger charge is 2.17. The van der Waals surface area contributed by atoms with Gasteiger partial charge in [-0.25, -0.2) is 4.98 Å². The number of pyridine rings is 1. The molecule has 94 valence electrons. The highest BCUT2D eigenvalue weighted by molar-refractivity contribution is 7.98. The van der Waals surface area contributed by atoms with Crippen molar-refractivity contribution in [1.82, 2.24) is 4.98 Å². The summed E-state index contributed by atoms with van der Waals surface area (Å²) in [5.74, 6) is 1.22. The molecule has 1 rings (SSSR count). The summed E-state index contributed by atoms with van der Waals surface area (Å²) >= 11 is 7.47. The number of aromatic nitrogens is 1. The number of anilines is 1. The lowest BCUT2D eigenvalue weighted by molar-refractivity contribution is -0.384. The Labute approximate surface area is 109 Å². The second-order valence-electron chi connectivity index (χ2n) is 3.59. The van der Waals surface area contributed by atoms with Gasteiger partial charge in [-0.3, -0.25) is 10.1 Å². The first-order chi connectivity index (χ1) is 8.04. The molecule has 7 heteroatoms. The average molecular weight is 276 g/mol. The van der Waals surface area contributed by atoms with E-state index in [0.717, 1.165) is 12.2 Å². The van der Waals surface area contributed by atoms with Crippen LogP contribution in [0.25, 0.3) is 0 Å². The van der Waals surface area contributed by atoms with Crippen molar-refractivity contribution in [3.63, 3.8) is 0 Å². The minimum Gasteiger partial charge on any atom is -0.362 e. The van der Waals surface area contributed by atoms with Crippen molar-refractivity contribution in [3.8, 4) is 0 Å². The third-order valence-corrected chi connectivity index (χ3v) is 3.03. The van der Waals surface area contributed by atoms with Gasteiger partial charge in [0, 0.05) is 12.1 Å². The lowest BCUT2D eigenvalue weighted by Gasteiger charge is -2.13. The molecule has 0 saturated heterocycles. The Morgan fingerprint density at radius 3 is 2.94 bits per heavy atom. The average Bonchev–Trinajstić information content (AvgIpc) is 2.26. The first-order valence-electron chi connectivity index (χ1n) is 5.11. The number of nitrogens with one attached hydrogen (secondary N) is 1. The van der Waals surface area contributed by atoms with Crippen LogP contribution in [-0.4, -0.2) is 28.0 Å². The second-order valence-corrected chi connectivity index (χ2v) is 4.96. The van der Waals surface area contributed by atoms with Gasteiger partial charge >= 0.3 is 5.69 Å². The number of halogens is 1. The fourth-order valence-electron chi connectivity index (χ4n) is 1.28. The molecule has 1 N–H and O–H groups in total. The molecule has 1 aromatic heterocycles. The fourth-order valence-corrected chi connectivity index (χ4v) is 2.02. The normalized spacial score (nSPS) is 12.2. The maximum Gasteiger partial charge on any atom is 0.311 e. The van der Waals surface area contributed by atoms with E-state index in [2.05, 4.69) is 10.3 Å². The van der Waals surface area contributed by atoms with E-state index in [9.17, 15) is 10.1 Å². The number of nitrogens with zero attached hydrogens (tertiary/aromatic N) is 2. The lowest BCUT2D eigenvalue weighted by Crippen LogP contribution is -2.17. The minimum absolute atomic E-state index is 0.0506. The standard InChI is InChI=1S/C10H14ClN3O2S/c1-7(5-6-17-2)12-10-8(14(15)16)3-4-9(11)13-10/h3-4,7H,5-6H2,1-2H3,(H,12,13). The predicted octanol–water partition coefficient (Wildman–Crippen LogP) is 3.20. The molecule has 1 heterocycles. The molecule has 0 fully saturated rings. The summed E-state index contributed by atoms with van der Waals surface area (Å²) in [4.78, 5) is 14.3. The van der Waals surface area contributed by atoms with Crippen molar-refractivity contribution in [3.05, 3.63) is 27.4 Å². The van der Waals surface area contributed by atoms with Gasteiger partial charge in [0.15, 0.2) is 0 Å². The zero-order valence-electron chi connectivity index (χ0n) is 9.64. The van der Waals surface area contributed by atoms with Crippen LogP contribution in [-0.2, 0) is 0 Å². The summed E-state index contributed by atoms with van der Waals surface area (Å²) in [5.41, 5.74) is -0.0506. The zero-order valence-corrected chi connectivity index (χ0v) is 11.2. The molecule has 0 amide bonds. The number of hydrogen-bond acceptors (Lipinski definition) is 5. The highest BCUT2D eigenvalue weighted by atomic mass is 35.5. The van der Waals surface area contributed by atoms with Gasteiger partial charge in [0.05, 0.1) is 4.92 Å². The topological polar surface area (TPSA) is 68.1 Å². The Balaban J connectivity index is 2.81. The van der Waals surface area contributed by atoms with Crippen molar-refractivity contribution in [1.29, 1.82) is 0 Å². The lowest BCUT2D eigenvalue weighted by atomic mass is 10.2. The smallest absolute Gasteiger partial charge is 0.311 e. The molecule has 0 aliphatic heterocycles. The molecule has 17 heavy (non-hydrogen) atoms. The molecule has 0 aromatic carbocycles. The summed E-state index contributed by atoms with van der Waals surface area (Å²) in [6, 6.07) is 2.89. The van der Waals surface area contributed by atoms with Crippen LogP contribution >= 0.6 is 23.4 Å². The van der Waals surface area contributed by atoms with Crippen LogP contribution in [0.1, 0.15) is 13.3 Å². The highest BCUT2D eigenvalue weighted by Crippen LogP contribution is 2.24. The summed E-state index contributed by atoms with van der Waals surface area (Å²) in [7, 11) is 0. The fraction of sp³-hybridized carbons (Fsp3) is 0.500. The zero-order chi connectivity index (χ0) is 12.8. The van der Waals surface area contributed by atoms with Crippen LogP contribution in [0.2, 0.25) is 5.15 Å². The van der Waals surface area contributed by atoms with Crippen LogP contribution in [0.5, 0.6) is 0 Å². The SMILES string of the molecule is CSCCC(C)Nc1nc(Cl)ccc1[N+](=O)[O-]. The van der Waals surface area contributed by atoms with Crippen LogP contribution in [0.4, 0.5) is 11.5 Å². The van der Waals surface area contributed by atoms with Crippen molar-refractivity contribution in [2.24, 2.45) is 0 Å². The largest absolute Gasteiger partial charge is 0.362 e. The quantitative estimate of drug-likeness (QED) is 0.490. The van der Waals surface area contributed by atoms with Gasteiger partial charge in [-0.05, 0) is 31.4 Å². The van der Waals surface area contributed by atoms with Gasteiger partial charge < -0.3 is 5.32 Å². The minimum atomic E-state index is -0.465. The molecule has 0 aliphatic rings. The molecule has 0 spiro atoms. The Morgan fingerprint density at radius 2 is 2.35 bits per heavy atom. The van der Waals surface area contributed by atoms with Crippen molar-refractivity contribution in [2.45, 2.75) is 19.4 Å². The number of hydrogen-bond donors (Lipinski definition) is 1. The molecular formula is C10H14ClN3O2S. The molecule has 0 bridgehead atoms. The Bertz CT molecular complexity index is 403. The Hall–Kier alpha value is -1.01. The van der Waals surface area contributed by atoms with Gasteiger partial charge in [0.2, 0.25) is 5.82 Å². The van der Waals surface area contributed by atoms with Crippen LogP contribution < -0.4 is 5.32 Å². The van der Waals surface area contributed by atoms with Gasteiger partial charge in [-0.2, -0.15) is 11.8 Å². The maximum atomic E-state index is 10.8. The van der Waals surface area contributed by atoms with Gasteiger partial charge in [-0.15, -0.1) is 0 Å². The number of nitro groups is 1. The summed E-state index contributed by atoms with van der Waals surface area (Å²) in [6.07, 6.45) is 2.93. The molecular weight excluding hydrogens is 262 g/mol. The van der Waals surface area contributed by atoms with Crippen LogP contribution in [0.15, 0.2) is 12.1 Å². The van der Waals surface area contributed by atoms with E-state index in [1.807, 2.05) is 13.2 Å². The van der Waals surface area contributed by atoms with E-state index >= 15 is 0 Å². The predicted molar refractivity (Wildman–Crippen MR) is 72.0 cm³/mol. The van der Waals surface area contributed by atoms with Crippen molar-refractivity contribution in [2.75, 3.05) is 17.3 Å². The van der Waals surface area contributed by atoms with Crippen LogP contribution in [0, 0.1) is 10.1 Å². The molecule has 1 unspecified atom stereocenters. The maximum absolute atomic E-state index is 10.8. The van der Waals surface area contributed by atoms with Crippen molar-refractivity contribution >= 4 is 34.9 Å². The van der Waals surface area contributed by atoms with Gasteiger partial charge in [0.25, 0.3) is 0 Å². The van der Waals surface area contributed by atoms with Gasteiger partial charge in [0.1, 0.15) is 5.15 Å². The third-order valence-electron chi connectivity index (χ3n) is 2.17. The van der Waals surface area contributed by atoms with E-state index in [-0.39, 0.29) is 22.7 Å². The summed E-state index contributed by atoms with van der Waals surface area (Å²) in [5, 5.41) is 14.1. The summed E-state index contributed by atoms with van der Waals surface area (Å²) < 4.78 is 0. The molecule has 0 aliphatic carbocycles. The van der Waals surface area contributed by atoms with E-state index in [1.165, 1.54) is 12.1 Å².